The lowest BCUT2D eigenvalue weighted by Crippen LogP contribution is -2.35. The Hall–Kier alpha value is -1.62. The van der Waals surface area contributed by atoms with Crippen LogP contribution in [-0.2, 0) is 4.79 Å². The Morgan fingerprint density at radius 3 is 2.83 bits per heavy atom. The second kappa shape index (κ2) is 6.96. The molecule has 0 aliphatic carbocycles. The van der Waals surface area contributed by atoms with E-state index in [-0.39, 0.29) is 24.0 Å². The van der Waals surface area contributed by atoms with Crippen molar-refractivity contribution < 1.29 is 9.53 Å². The van der Waals surface area contributed by atoms with Crippen molar-refractivity contribution >= 4 is 23.1 Å². The SMILES string of the molecule is CC(C)c1cccc(OCC(=O)NCC(N)=S)c1. The first-order chi connectivity index (χ1) is 8.49. The van der Waals surface area contributed by atoms with E-state index in [2.05, 4.69) is 31.4 Å². The van der Waals surface area contributed by atoms with E-state index in [4.69, 9.17) is 10.5 Å². The van der Waals surface area contributed by atoms with Crippen molar-refractivity contribution in [2.24, 2.45) is 5.73 Å². The third-order valence-electron chi connectivity index (χ3n) is 2.35. The molecule has 0 spiro atoms. The minimum atomic E-state index is -0.238. The first kappa shape index (κ1) is 14.4. The number of carbonyl (C=O) groups is 1. The van der Waals surface area contributed by atoms with E-state index in [1.54, 1.807) is 0 Å². The molecule has 0 radical (unpaired) electrons. The molecule has 1 amide bonds. The van der Waals surface area contributed by atoms with Gasteiger partial charge in [-0.2, -0.15) is 0 Å². The molecule has 0 unspecified atom stereocenters. The number of hydrogen-bond acceptors (Lipinski definition) is 3. The predicted molar refractivity (Wildman–Crippen MR) is 75.8 cm³/mol. The summed E-state index contributed by atoms with van der Waals surface area (Å²) in [4.78, 5) is 11.6. The van der Waals surface area contributed by atoms with Gasteiger partial charge in [0.2, 0.25) is 0 Å². The Morgan fingerprint density at radius 1 is 1.50 bits per heavy atom. The standard InChI is InChI=1S/C13H18N2O2S/c1-9(2)10-4-3-5-11(6-10)17-8-13(16)15-7-12(14)18/h3-6,9H,7-8H2,1-2H3,(H2,14,18)(H,15,16). The molecule has 18 heavy (non-hydrogen) atoms. The van der Waals surface area contributed by atoms with Crippen molar-refractivity contribution in [2.75, 3.05) is 13.2 Å². The molecule has 4 nitrogen and oxygen atoms in total. The van der Waals surface area contributed by atoms with Crippen molar-refractivity contribution in [3.8, 4) is 5.75 Å². The number of carbonyl (C=O) groups excluding carboxylic acids is 1. The van der Waals surface area contributed by atoms with Gasteiger partial charge in [-0.25, -0.2) is 0 Å². The molecule has 5 heteroatoms. The molecule has 0 fully saturated rings. The highest BCUT2D eigenvalue weighted by molar-refractivity contribution is 7.80. The number of ether oxygens (including phenoxy) is 1. The van der Waals surface area contributed by atoms with Crippen LogP contribution in [0.1, 0.15) is 25.3 Å². The fraction of sp³-hybridized carbons (Fsp3) is 0.385. The van der Waals surface area contributed by atoms with E-state index in [9.17, 15) is 4.79 Å². The van der Waals surface area contributed by atoms with E-state index in [0.717, 1.165) is 0 Å². The largest absolute Gasteiger partial charge is 0.484 e. The molecule has 0 aliphatic rings. The van der Waals surface area contributed by atoms with Crippen LogP contribution in [0.3, 0.4) is 0 Å². The second-order valence-corrected chi connectivity index (χ2v) is 4.78. The van der Waals surface area contributed by atoms with Crippen molar-refractivity contribution in [2.45, 2.75) is 19.8 Å². The maximum atomic E-state index is 11.4. The van der Waals surface area contributed by atoms with Gasteiger partial charge in [-0.3, -0.25) is 4.79 Å². The van der Waals surface area contributed by atoms with Gasteiger partial charge in [0.15, 0.2) is 6.61 Å². The predicted octanol–water partition coefficient (Wildman–Crippen LogP) is 1.59. The van der Waals surface area contributed by atoms with Crippen LogP contribution in [0.4, 0.5) is 0 Å². The summed E-state index contributed by atoms with van der Waals surface area (Å²) in [6.45, 7) is 4.37. The summed E-state index contributed by atoms with van der Waals surface area (Å²) in [5, 5.41) is 2.56. The highest BCUT2D eigenvalue weighted by atomic mass is 32.1. The van der Waals surface area contributed by atoms with Gasteiger partial charge in [-0.15, -0.1) is 0 Å². The summed E-state index contributed by atoms with van der Waals surface area (Å²) in [5.41, 5.74) is 6.45. The van der Waals surface area contributed by atoms with E-state index in [0.29, 0.717) is 11.7 Å². The first-order valence-corrected chi connectivity index (χ1v) is 6.17. The normalized spacial score (nSPS) is 10.2. The van der Waals surface area contributed by atoms with Gasteiger partial charge in [0.05, 0.1) is 11.5 Å². The zero-order chi connectivity index (χ0) is 13.5. The van der Waals surface area contributed by atoms with Gasteiger partial charge in [0.1, 0.15) is 5.75 Å². The fourth-order valence-electron chi connectivity index (χ4n) is 1.35. The number of hydrogen-bond donors (Lipinski definition) is 2. The molecule has 0 heterocycles. The lowest BCUT2D eigenvalue weighted by molar-refractivity contribution is -0.122. The summed E-state index contributed by atoms with van der Waals surface area (Å²) in [5.74, 6) is 0.876. The number of rotatable bonds is 6. The molecule has 98 valence electrons. The van der Waals surface area contributed by atoms with Crippen LogP contribution in [0.5, 0.6) is 5.75 Å². The van der Waals surface area contributed by atoms with Crippen LogP contribution in [-0.4, -0.2) is 24.0 Å². The average Bonchev–Trinajstić information content (AvgIpc) is 2.34. The second-order valence-electron chi connectivity index (χ2n) is 4.26. The van der Waals surface area contributed by atoms with Crippen LogP contribution in [0, 0.1) is 0 Å². The zero-order valence-electron chi connectivity index (χ0n) is 10.6. The molecule has 1 aromatic carbocycles. The minimum Gasteiger partial charge on any atom is -0.484 e. The van der Waals surface area contributed by atoms with E-state index < -0.39 is 0 Å². The molecular weight excluding hydrogens is 248 g/mol. The van der Waals surface area contributed by atoms with Gasteiger partial charge in [-0.05, 0) is 23.6 Å². The van der Waals surface area contributed by atoms with Gasteiger partial charge >= 0.3 is 0 Å². The molecule has 1 aromatic rings. The summed E-state index contributed by atoms with van der Waals surface area (Å²) >= 11 is 4.66. The molecule has 0 saturated carbocycles. The topological polar surface area (TPSA) is 64.3 Å². The number of nitrogens with two attached hydrogens (primary N) is 1. The smallest absolute Gasteiger partial charge is 0.258 e. The highest BCUT2D eigenvalue weighted by Gasteiger charge is 2.04. The third-order valence-corrected chi connectivity index (χ3v) is 2.50. The highest BCUT2D eigenvalue weighted by Crippen LogP contribution is 2.19. The van der Waals surface area contributed by atoms with Gasteiger partial charge in [-0.1, -0.05) is 38.2 Å². The quantitative estimate of drug-likeness (QED) is 0.768. The molecule has 0 bridgehead atoms. The van der Waals surface area contributed by atoms with Crippen molar-refractivity contribution in [3.05, 3.63) is 29.8 Å². The Bertz CT molecular complexity index is 433. The van der Waals surface area contributed by atoms with Crippen LogP contribution in [0.25, 0.3) is 0 Å². The van der Waals surface area contributed by atoms with E-state index >= 15 is 0 Å². The molecule has 0 saturated heterocycles. The zero-order valence-corrected chi connectivity index (χ0v) is 11.4. The molecule has 3 N–H and O–H groups in total. The summed E-state index contributed by atoms with van der Waals surface area (Å²) in [6.07, 6.45) is 0. The molecular formula is C13H18N2O2S. The van der Waals surface area contributed by atoms with Crippen molar-refractivity contribution in [1.82, 2.24) is 5.32 Å². The Morgan fingerprint density at radius 2 is 2.22 bits per heavy atom. The summed E-state index contributed by atoms with van der Waals surface area (Å²) in [6, 6.07) is 7.71. The minimum absolute atomic E-state index is 0.0375. The third kappa shape index (κ3) is 5.14. The number of benzene rings is 1. The van der Waals surface area contributed by atoms with Crippen LogP contribution >= 0.6 is 12.2 Å². The summed E-state index contributed by atoms with van der Waals surface area (Å²) < 4.78 is 5.39. The number of nitrogens with one attached hydrogen (secondary N) is 1. The van der Waals surface area contributed by atoms with Gasteiger partial charge in [0.25, 0.3) is 5.91 Å². The maximum absolute atomic E-state index is 11.4. The van der Waals surface area contributed by atoms with Crippen LogP contribution in [0.15, 0.2) is 24.3 Å². The summed E-state index contributed by atoms with van der Waals surface area (Å²) in [7, 11) is 0. The van der Waals surface area contributed by atoms with Crippen molar-refractivity contribution in [3.63, 3.8) is 0 Å². The van der Waals surface area contributed by atoms with E-state index in [1.807, 2.05) is 24.3 Å². The Kier molecular flexibility index (Phi) is 5.58. The molecule has 0 aromatic heterocycles. The average molecular weight is 266 g/mol. The monoisotopic (exact) mass is 266 g/mol. The number of amides is 1. The molecule has 0 aliphatic heterocycles. The Labute approximate surface area is 113 Å². The van der Waals surface area contributed by atoms with Crippen LogP contribution in [0.2, 0.25) is 0 Å². The molecule has 0 atom stereocenters. The lowest BCUT2D eigenvalue weighted by atomic mass is 10.0. The first-order valence-electron chi connectivity index (χ1n) is 5.77. The lowest BCUT2D eigenvalue weighted by Gasteiger charge is -2.10. The van der Waals surface area contributed by atoms with Crippen molar-refractivity contribution in [1.29, 1.82) is 0 Å². The van der Waals surface area contributed by atoms with E-state index in [1.165, 1.54) is 5.56 Å². The Balaban J connectivity index is 2.45. The number of thiocarbonyl (C=S) groups is 1. The maximum Gasteiger partial charge on any atom is 0.258 e. The fourth-order valence-corrected chi connectivity index (χ4v) is 1.42. The van der Waals surface area contributed by atoms with Gasteiger partial charge < -0.3 is 15.8 Å². The molecule has 1 rings (SSSR count). The van der Waals surface area contributed by atoms with Crippen LogP contribution < -0.4 is 15.8 Å². The van der Waals surface area contributed by atoms with Gasteiger partial charge in [0, 0.05) is 0 Å².